The molecule has 0 bridgehead atoms. The van der Waals surface area contributed by atoms with Crippen LogP contribution in [0, 0.1) is 0 Å². The summed E-state index contributed by atoms with van der Waals surface area (Å²) in [6.45, 7) is 36.4. The lowest BCUT2D eigenvalue weighted by molar-refractivity contribution is 0.0513. The van der Waals surface area contributed by atoms with E-state index in [-0.39, 0.29) is 63.6 Å². The predicted octanol–water partition coefficient (Wildman–Crippen LogP) is 14.1. The van der Waals surface area contributed by atoms with Crippen LogP contribution in [0.4, 0.5) is 23.3 Å². The van der Waals surface area contributed by atoms with Crippen molar-refractivity contribution in [3.8, 4) is 62.4 Å². The fourth-order valence-electron chi connectivity index (χ4n) is 16.9. The molecule has 0 saturated carbocycles. The molecule has 3 aromatic carbocycles. The van der Waals surface area contributed by atoms with E-state index >= 15 is 0 Å². The van der Waals surface area contributed by atoms with E-state index in [1.54, 1.807) is 88.2 Å². The van der Waals surface area contributed by atoms with Gasteiger partial charge < -0.3 is 64.9 Å². The quantitative estimate of drug-likeness (QED) is 0.0470. The van der Waals surface area contributed by atoms with Crippen molar-refractivity contribution >= 4 is 50.8 Å². The van der Waals surface area contributed by atoms with E-state index < -0.39 is 0 Å². The van der Waals surface area contributed by atoms with Gasteiger partial charge in [0.15, 0.2) is 13.6 Å². The number of anilines is 4. The van der Waals surface area contributed by atoms with Gasteiger partial charge in [-0.15, -0.1) is 0 Å². The highest BCUT2D eigenvalue weighted by Gasteiger charge is 2.43. The molecular formula is C82H116BrClN22O5. The number of nitrogens with zero attached hydrogens (tertiary/aromatic N) is 18. The Morgan fingerprint density at radius 2 is 0.685 bits per heavy atom. The summed E-state index contributed by atoms with van der Waals surface area (Å²) in [5, 5.41) is 42.5. The lowest BCUT2D eigenvalue weighted by Crippen LogP contribution is -2.62. The number of rotatable bonds is 19. The van der Waals surface area contributed by atoms with Crippen molar-refractivity contribution in [2.45, 2.75) is 231 Å². The van der Waals surface area contributed by atoms with Gasteiger partial charge in [0.25, 0.3) is 0 Å². The first-order valence-corrected chi connectivity index (χ1v) is 39.0. The molecule has 111 heavy (non-hydrogen) atoms. The van der Waals surface area contributed by atoms with Crippen LogP contribution in [-0.2, 0) is 9.47 Å². The fourth-order valence-corrected chi connectivity index (χ4v) is 17.3. The molecule has 9 aromatic rings. The highest BCUT2D eigenvalue weighted by atomic mass is 79.9. The smallest absolute Gasteiger partial charge is 0.188 e. The monoisotopic (exact) mass is 1600 g/mol. The van der Waals surface area contributed by atoms with Crippen LogP contribution in [0.3, 0.4) is 0 Å². The van der Waals surface area contributed by atoms with E-state index in [0.29, 0.717) is 57.6 Å². The third kappa shape index (κ3) is 23.1. The summed E-state index contributed by atoms with van der Waals surface area (Å²) in [4.78, 5) is 48.7. The predicted molar refractivity (Wildman–Crippen MR) is 445 cm³/mol. The minimum atomic E-state index is 0.0605. The average Bonchev–Trinajstić information content (AvgIpc) is 1.57. The van der Waals surface area contributed by atoms with Crippen LogP contribution in [0.1, 0.15) is 162 Å². The Morgan fingerprint density at radius 1 is 0.396 bits per heavy atom. The van der Waals surface area contributed by atoms with Crippen LogP contribution in [0.5, 0.6) is 17.2 Å². The summed E-state index contributed by atoms with van der Waals surface area (Å²) in [6.07, 6.45) is 29.2. The van der Waals surface area contributed by atoms with E-state index in [2.05, 4.69) is 241 Å². The molecule has 4 fully saturated rings. The van der Waals surface area contributed by atoms with Crippen molar-refractivity contribution in [3.63, 3.8) is 0 Å². The number of aromatic hydroxyl groups is 1. The van der Waals surface area contributed by atoms with Crippen molar-refractivity contribution < 1.29 is 24.1 Å². The largest absolute Gasteiger partial charge is 0.507 e. The zero-order valence-corrected chi connectivity index (χ0v) is 71.2. The number of nitrogens with one attached hydrogen (secondary N) is 4. The molecule has 29 heteroatoms. The van der Waals surface area contributed by atoms with Crippen molar-refractivity contribution in [1.29, 1.82) is 0 Å². The molecule has 5 N–H and O–H groups in total. The van der Waals surface area contributed by atoms with E-state index in [9.17, 15) is 5.11 Å². The van der Waals surface area contributed by atoms with Gasteiger partial charge >= 0.3 is 0 Å². The Kier molecular flexibility index (Phi) is 26.6. The molecular weight excluding hydrogens is 1490 g/mol. The molecule has 0 spiro atoms. The van der Waals surface area contributed by atoms with Gasteiger partial charge in [-0.25, -0.2) is 24.9 Å². The Hall–Kier alpha value is -8.61. The van der Waals surface area contributed by atoms with Crippen molar-refractivity contribution in [2.24, 2.45) is 0 Å². The average molecular weight is 1610 g/mol. The number of phenolic OH excluding ortho intramolecular Hbond substituents is 1. The van der Waals surface area contributed by atoms with Gasteiger partial charge in [-0.1, -0.05) is 11.6 Å². The van der Waals surface area contributed by atoms with Crippen molar-refractivity contribution in [3.05, 3.63) is 139 Å². The van der Waals surface area contributed by atoms with Crippen molar-refractivity contribution in [2.75, 3.05) is 75.6 Å². The molecule has 0 aliphatic carbocycles. The summed E-state index contributed by atoms with van der Waals surface area (Å²) in [5.41, 5.74) is 6.51. The highest BCUT2D eigenvalue weighted by molar-refractivity contribution is 9.10. The summed E-state index contributed by atoms with van der Waals surface area (Å²) in [7, 11) is 11.6. The van der Waals surface area contributed by atoms with Gasteiger partial charge in [0.05, 0.1) is 103 Å². The molecule has 4 aliphatic rings. The van der Waals surface area contributed by atoms with Crippen LogP contribution in [-0.4, -0.2) is 199 Å². The van der Waals surface area contributed by atoms with Gasteiger partial charge in [0.1, 0.15) is 45.1 Å². The first-order chi connectivity index (χ1) is 52.1. The number of hydrogen-bond donors (Lipinski definition) is 5. The summed E-state index contributed by atoms with van der Waals surface area (Å²) < 4.78 is 22.4. The zero-order chi connectivity index (χ0) is 80.7. The maximum atomic E-state index is 10.5. The van der Waals surface area contributed by atoms with Crippen LogP contribution < -0.4 is 50.3 Å². The first kappa shape index (κ1) is 84.8. The number of methoxy groups -OCH3 is 2. The number of ether oxygens (including phenoxy) is 4. The Morgan fingerprint density at radius 3 is 0.982 bits per heavy atom. The van der Waals surface area contributed by atoms with E-state index in [1.165, 1.54) is 9.59 Å². The van der Waals surface area contributed by atoms with Gasteiger partial charge in [-0.05, 0) is 221 Å². The van der Waals surface area contributed by atoms with Crippen molar-refractivity contribution in [1.82, 2.24) is 91.1 Å². The van der Waals surface area contributed by atoms with Gasteiger partial charge in [-0.2, -0.15) is 30.0 Å². The number of phenols is 1. The third-order valence-electron chi connectivity index (χ3n) is 20.5. The van der Waals surface area contributed by atoms with Crippen LogP contribution in [0.2, 0.25) is 5.02 Å². The lowest BCUT2D eigenvalue weighted by atomic mass is 9.79. The molecule has 598 valence electrons. The molecule has 4 aliphatic heterocycles. The van der Waals surface area contributed by atoms with E-state index in [0.717, 1.165) is 107 Å². The van der Waals surface area contributed by atoms with Crippen LogP contribution in [0.25, 0.3) is 45.1 Å². The second-order valence-electron chi connectivity index (χ2n) is 35.0. The summed E-state index contributed by atoms with van der Waals surface area (Å²) in [6, 6.07) is 18.1. The molecule has 27 nitrogen and oxygen atoms in total. The van der Waals surface area contributed by atoms with Crippen LogP contribution >= 0.6 is 27.5 Å². The lowest BCUT2D eigenvalue weighted by Gasteiger charge is -2.49. The number of aromatic nitrogens is 14. The Bertz CT molecular complexity index is 4410. The van der Waals surface area contributed by atoms with Gasteiger partial charge in [0.2, 0.25) is 0 Å². The maximum absolute atomic E-state index is 10.5. The molecule has 10 heterocycles. The highest BCUT2D eigenvalue weighted by Crippen LogP contribution is 2.40. The maximum Gasteiger partial charge on any atom is 0.188 e. The van der Waals surface area contributed by atoms with Crippen LogP contribution in [0.15, 0.2) is 134 Å². The zero-order valence-electron chi connectivity index (χ0n) is 68.9. The number of hydrogen-bond acceptors (Lipinski definition) is 25. The second kappa shape index (κ2) is 34.8. The standard InChI is InChI=1S/C24H33N7O2.C22H31ClN4O2.C22H29N7O.C14H23BrN4/c1-23(2)12-18(13-24(3,4)29-23)30(5)22-15-25-20(14-26-22)19-8-7-17(31-27-9-10-28-31)11-21(19)33-16-32-6;1-21(2)10-16(11-22(3,4)26-21)27(5)20-13-24-18(12-25-20)17-8-7-15(23)9-19(17)29-14-28-6;1-21(2)11-16(12-22(3,4)27-21)28(5)20-14-23-18(13-24-20)17-7-6-15(10-19(17)30)29-25-8-9-26-29;1-13(2)6-10(7-14(3,4)18-13)19(5)12-9-16-11(15)8-17-12/h7-11,14-15,18,29H,12-13,16H2,1-6H3;7-9,12-13,16,26H,10-11,14H2,1-6H3;6-10,13-14,16,27,30H,11-12H2,1-5H3;8-10,18H,6-7H2,1-5H3. The Balaban J connectivity index is 0.000000160. The van der Waals surface area contributed by atoms with E-state index in [4.69, 9.17) is 45.5 Å². The SMILES string of the molecule is CN(c1cnc(-c2ccc(-n3nccn3)cc2O)cn1)C1CC(C)(C)NC(C)(C)C1.CN(c1cnc(Br)cn1)C1CC(C)(C)NC(C)(C)C1.COCOc1cc(-n2nccn2)ccc1-c1cnc(N(C)C2CC(C)(C)NC(C)(C)C2)cn1.COCOc1cc(Cl)ccc1-c1cnc(N(C)C2CC(C)(C)NC(C)(C)C2)cn1. The summed E-state index contributed by atoms with van der Waals surface area (Å²) >= 11 is 9.44. The normalized spacial score (nSPS) is 18.8. The number of halogens is 2. The molecule has 0 unspecified atom stereocenters. The molecule has 0 atom stereocenters. The number of benzene rings is 3. The molecule has 6 aromatic heterocycles. The number of piperidine rings is 4. The Labute approximate surface area is 669 Å². The first-order valence-electron chi connectivity index (χ1n) is 37.9. The summed E-state index contributed by atoms with van der Waals surface area (Å²) in [5.74, 6) is 4.84. The minimum absolute atomic E-state index is 0.0605. The van der Waals surface area contributed by atoms with E-state index in [1.807, 2.05) is 55.0 Å². The molecule has 4 saturated heterocycles. The molecule has 13 rings (SSSR count). The molecule has 0 amide bonds. The fraction of sp³-hybridized carbons (Fsp3) is 0.537. The molecule has 0 radical (unpaired) electrons. The topological polar surface area (TPSA) is 283 Å². The van der Waals surface area contributed by atoms with Gasteiger partial charge in [0, 0.05) is 145 Å². The third-order valence-corrected chi connectivity index (χ3v) is 21.2. The van der Waals surface area contributed by atoms with Gasteiger partial charge in [-0.3, -0.25) is 15.0 Å². The minimum Gasteiger partial charge on any atom is -0.507 e. The second-order valence-corrected chi connectivity index (χ2v) is 36.2.